The van der Waals surface area contributed by atoms with Gasteiger partial charge in [0.05, 0.1) is 7.11 Å². The van der Waals surface area contributed by atoms with Crippen molar-refractivity contribution < 1.29 is 14.3 Å². The van der Waals surface area contributed by atoms with E-state index in [1.165, 1.54) is 0 Å². The molecular weight excluding hydrogens is 268 g/mol. The van der Waals surface area contributed by atoms with E-state index in [4.69, 9.17) is 9.47 Å². The van der Waals surface area contributed by atoms with Crippen LogP contribution in [0.3, 0.4) is 0 Å². The fourth-order valence-electron chi connectivity index (χ4n) is 2.46. The van der Waals surface area contributed by atoms with Crippen molar-refractivity contribution in [2.24, 2.45) is 0 Å². The van der Waals surface area contributed by atoms with Gasteiger partial charge in [0.2, 0.25) is 0 Å². The lowest BCUT2D eigenvalue weighted by Gasteiger charge is -2.36. The molecule has 116 valence electrons. The summed E-state index contributed by atoms with van der Waals surface area (Å²) < 4.78 is 10.8. The fraction of sp³-hybridized carbons (Fsp3) is 0.562. The van der Waals surface area contributed by atoms with Gasteiger partial charge in [-0.15, -0.1) is 0 Å². The highest BCUT2D eigenvalue weighted by Gasteiger charge is 2.22. The van der Waals surface area contributed by atoms with Crippen LogP contribution in [0.5, 0.6) is 11.5 Å². The average molecular weight is 292 g/mol. The minimum Gasteiger partial charge on any atom is -0.493 e. The topological polar surface area (TPSA) is 42.0 Å². The van der Waals surface area contributed by atoms with Crippen LogP contribution < -0.4 is 9.47 Å². The van der Waals surface area contributed by atoms with Crippen LogP contribution in [0.1, 0.15) is 13.8 Å². The zero-order chi connectivity index (χ0) is 15.2. The molecule has 0 spiro atoms. The van der Waals surface area contributed by atoms with E-state index in [1.807, 2.05) is 29.2 Å². The van der Waals surface area contributed by atoms with E-state index in [1.54, 1.807) is 7.11 Å². The second-order valence-corrected chi connectivity index (χ2v) is 5.45. The zero-order valence-electron chi connectivity index (χ0n) is 13.0. The fourth-order valence-corrected chi connectivity index (χ4v) is 2.46. The second kappa shape index (κ2) is 7.31. The van der Waals surface area contributed by atoms with Crippen LogP contribution in [0, 0.1) is 0 Å². The van der Waals surface area contributed by atoms with E-state index in [-0.39, 0.29) is 12.5 Å². The van der Waals surface area contributed by atoms with Crippen LogP contribution in [0.25, 0.3) is 0 Å². The molecule has 0 N–H and O–H groups in total. The van der Waals surface area contributed by atoms with Crippen molar-refractivity contribution in [3.63, 3.8) is 0 Å². The van der Waals surface area contributed by atoms with E-state index in [0.29, 0.717) is 17.5 Å². The number of methoxy groups -OCH3 is 1. The summed E-state index contributed by atoms with van der Waals surface area (Å²) in [4.78, 5) is 16.4. The van der Waals surface area contributed by atoms with Crippen molar-refractivity contribution in [3.8, 4) is 11.5 Å². The van der Waals surface area contributed by atoms with Crippen LogP contribution in [0.2, 0.25) is 0 Å². The third-order valence-electron chi connectivity index (χ3n) is 3.82. The first-order valence-corrected chi connectivity index (χ1v) is 7.39. The summed E-state index contributed by atoms with van der Waals surface area (Å²) in [6, 6.07) is 7.90. The number of carbonyl (C=O) groups excluding carboxylic acids is 1. The number of nitrogens with zero attached hydrogens (tertiary/aromatic N) is 2. The Morgan fingerprint density at radius 1 is 1.14 bits per heavy atom. The molecule has 5 heteroatoms. The summed E-state index contributed by atoms with van der Waals surface area (Å²) in [5.41, 5.74) is 0. The highest BCUT2D eigenvalue weighted by atomic mass is 16.5. The van der Waals surface area contributed by atoms with Crippen LogP contribution in [0.4, 0.5) is 0 Å². The van der Waals surface area contributed by atoms with E-state index in [2.05, 4.69) is 18.7 Å². The Kier molecular flexibility index (Phi) is 5.44. The molecule has 5 nitrogen and oxygen atoms in total. The molecule has 0 aromatic heterocycles. The maximum Gasteiger partial charge on any atom is 0.260 e. The molecule has 0 aliphatic carbocycles. The van der Waals surface area contributed by atoms with Gasteiger partial charge in [-0.05, 0) is 26.0 Å². The van der Waals surface area contributed by atoms with E-state index >= 15 is 0 Å². The summed E-state index contributed by atoms with van der Waals surface area (Å²) >= 11 is 0. The Morgan fingerprint density at radius 3 is 2.33 bits per heavy atom. The number of benzene rings is 1. The predicted octanol–water partition coefficient (Wildman–Crippen LogP) is 1.63. The van der Waals surface area contributed by atoms with Crippen molar-refractivity contribution in [1.29, 1.82) is 0 Å². The number of piperazine rings is 1. The van der Waals surface area contributed by atoms with Crippen molar-refractivity contribution in [2.75, 3.05) is 39.9 Å². The molecule has 1 aliphatic rings. The lowest BCUT2D eigenvalue weighted by atomic mass is 10.2. The molecule has 0 bridgehead atoms. The molecule has 1 amide bonds. The second-order valence-electron chi connectivity index (χ2n) is 5.45. The summed E-state index contributed by atoms with van der Waals surface area (Å²) in [5.74, 6) is 1.29. The molecular formula is C16H24N2O3. The monoisotopic (exact) mass is 292 g/mol. The minimum absolute atomic E-state index is 0.0318. The Morgan fingerprint density at radius 2 is 1.76 bits per heavy atom. The average Bonchev–Trinajstić information content (AvgIpc) is 2.52. The quantitative estimate of drug-likeness (QED) is 0.827. The van der Waals surface area contributed by atoms with Gasteiger partial charge in [-0.2, -0.15) is 0 Å². The Hall–Kier alpha value is -1.75. The van der Waals surface area contributed by atoms with Gasteiger partial charge < -0.3 is 14.4 Å². The summed E-state index contributed by atoms with van der Waals surface area (Å²) in [6.07, 6.45) is 0. The Labute approximate surface area is 126 Å². The summed E-state index contributed by atoms with van der Waals surface area (Å²) in [7, 11) is 1.59. The number of hydrogen-bond donors (Lipinski definition) is 0. The van der Waals surface area contributed by atoms with Crippen LogP contribution in [0.15, 0.2) is 24.3 Å². The van der Waals surface area contributed by atoms with Gasteiger partial charge >= 0.3 is 0 Å². The molecule has 0 saturated carbocycles. The van der Waals surface area contributed by atoms with Gasteiger partial charge in [0.1, 0.15) is 0 Å². The van der Waals surface area contributed by atoms with Gasteiger partial charge in [-0.25, -0.2) is 0 Å². The minimum atomic E-state index is 0.0318. The molecule has 1 aromatic rings. The molecule has 2 rings (SSSR count). The third kappa shape index (κ3) is 4.11. The van der Waals surface area contributed by atoms with Crippen LogP contribution >= 0.6 is 0 Å². The number of para-hydroxylation sites is 2. The zero-order valence-corrected chi connectivity index (χ0v) is 13.0. The Balaban J connectivity index is 1.83. The number of rotatable bonds is 5. The number of hydrogen-bond acceptors (Lipinski definition) is 4. The lowest BCUT2D eigenvalue weighted by Crippen LogP contribution is -2.51. The molecule has 1 heterocycles. The molecule has 1 saturated heterocycles. The molecule has 0 atom stereocenters. The highest BCUT2D eigenvalue weighted by Crippen LogP contribution is 2.25. The molecule has 1 aliphatic heterocycles. The first kappa shape index (κ1) is 15.6. The standard InChI is InChI=1S/C16H24N2O3/c1-13(2)17-8-10-18(11-9-17)16(19)12-21-15-7-5-4-6-14(15)20-3/h4-7,13H,8-12H2,1-3H3. The van der Waals surface area contributed by atoms with E-state index in [9.17, 15) is 4.79 Å². The predicted molar refractivity (Wildman–Crippen MR) is 81.8 cm³/mol. The number of carbonyl (C=O) groups is 1. The van der Waals surface area contributed by atoms with Crippen molar-refractivity contribution in [3.05, 3.63) is 24.3 Å². The smallest absolute Gasteiger partial charge is 0.260 e. The van der Waals surface area contributed by atoms with Crippen molar-refractivity contribution in [1.82, 2.24) is 9.80 Å². The molecule has 1 fully saturated rings. The maximum atomic E-state index is 12.2. The number of ether oxygens (including phenoxy) is 2. The Bertz CT molecular complexity index is 468. The maximum absolute atomic E-state index is 12.2. The highest BCUT2D eigenvalue weighted by molar-refractivity contribution is 5.78. The summed E-state index contributed by atoms with van der Waals surface area (Å²) in [5, 5.41) is 0. The van der Waals surface area contributed by atoms with Gasteiger partial charge in [0, 0.05) is 32.2 Å². The number of amides is 1. The van der Waals surface area contributed by atoms with Gasteiger partial charge in [-0.3, -0.25) is 9.69 Å². The molecule has 0 unspecified atom stereocenters. The SMILES string of the molecule is COc1ccccc1OCC(=O)N1CCN(C(C)C)CC1. The lowest BCUT2D eigenvalue weighted by molar-refractivity contribution is -0.135. The van der Waals surface area contributed by atoms with Gasteiger partial charge in [-0.1, -0.05) is 12.1 Å². The van der Waals surface area contributed by atoms with Crippen molar-refractivity contribution in [2.45, 2.75) is 19.9 Å². The molecule has 0 radical (unpaired) electrons. The normalized spacial score (nSPS) is 16.1. The largest absolute Gasteiger partial charge is 0.493 e. The van der Waals surface area contributed by atoms with E-state index < -0.39 is 0 Å². The van der Waals surface area contributed by atoms with Gasteiger partial charge in [0.25, 0.3) is 5.91 Å². The summed E-state index contributed by atoms with van der Waals surface area (Å²) in [6.45, 7) is 7.82. The van der Waals surface area contributed by atoms with Gasteiger partial charge in [0.15, 0.2) is 18.1 Å². The van der Waals surface area contributed by atoms with Crippen LogP contribution in [-0.4, -0.2) is 61.6 Å². The molecule has 1 aromatic carbocycles. The van der Waals surface area contributed by atoms with E-state index in [0.717, 1.165) is 26.2 Å². The first-order valence-electron chi connectivity index (χ1n) is 7.39. The van der Waals surface area contributed by atoms with Crippen molar-refractivity contribution >= 4 is 5.91 Å². The van der Waals surface area contributed by atoms with Crippen LogP contribution in [-0.2, 0) is 4.79 Å². The molecule has 21 heavy (non-hydrogen) atoms. The first-order chi connectivity index (χ1) is 10.1. The third-order valence-corrected chi connectivity index (χ3v) is 3.82.